The van der Waals surface area contributed by atoms with Gasteiger partial charge in [-0.25, -0.2) is 9.78 Å². The number of terminal acetylenes is 1. The van der Waals surface area contributed by atoms with Crippen LogP contribution >= 0.6 is 0 Å². The van der Waals surface area contributed by atoms with Crippen molar-refractivity contribution >= 4 is 17.0 Å². The van der Waals surface area contributed by atoms with E-state index in [0.29, 0.717) is 11.0 Å². The minimum absolute atomic E-state index is 0.0753. The van der Waals surface area contributed by atoms with Gasteiger partial charge in [-0.15, -0.1) is 6.42 Å². The number of aromatic nitrogens is 2. The lowest BCUT2D eigenvalue weighted by molar-refractivity contribution is 0.0591. The zero-order chi connectivity index (χ0) is 13.1. The van der Waals surface area contributed by atoms with Crippen LogP contribution in [-0.2, 0) is 11.3 Å². The highest BCUT2D eigenvalue weighted by atomic mass is 16.5. The average molecular weight is 242 g/mol. The first-order valence-electron chi connectivity index (χ1n) is 5.20. The first-order valence-corrected chi connectivity index (χ1v) is 5.20. The van der Waals surface area contributed by atoms with Crippen LogP contribution in [0.2, 0.25) is 0 Å². The van der Waals surface area contributed by atoms with Gasteiger partial charge in [0, 0.05) is 0 Å². The third kappa shape index (κ3) is 1.84. The summed E-state index contributed by atoms with van der Waals surface area (Å²) in [4.78, 5) is 27.6. The summed E-state index contributed by atoms with van der Waals surface area (Å²) in [7, 11) is 1.20. The Morgan fingerprint density at radius 2 is 2.22 bits per heavy atom. The third-order valence-corrected chi connectivity index (χ3v) is 2.48. The Kier molecular flexibility index (Phi) is 3.11. The van der Waals surface area contributed by atoms with Gasteiger partial charge in [0.15, 0.2) is 0 Å². The predicted molar refractivity (Wildman–Crippen MR) is 66.2 cm³/mol. The predicted octanol–water partition coefficient (Wildman–Crippen LogP) is 0.816. The summed E-state index contributed by atoms with van der Waals surface area (Å²) in [6.07, 6.45) is 5.23. The minimum atomic E-state index is -0.767. The minimum Gasteiger partial charge on any atom is -0.464 e. The number of carbonyl (C=O) groups is 1. The highest BCUT2D eigenvalue weighted by Gasteiger charge is 2.17. The summed E-state index contributed by atoms with van der Waals surface area (Å²) in [5, 5.41) is 0. The molecule has 1 aromatic carbocycles. The molecule has 0 saturated heterocycles. The molecule has 0 bridgehead atoms. The Morgan fingerprint density at radius 3 is 2.89 bits per heavy atom. The summed E-state index contributed by atoms with van der Waals surface area (Å²) in [5.74, 6) is 1.62. The number of esters is 1. The number of nitrogens with zero attached hydrogens (tertiary/aromatic N) is 2. The van der Waals surface area contributed by atoms with E-state index < -0.39 is 11.5 Å². The monoisotopic (exact) mass is 242 g/mol. The van der Waals surface area contributed by atoms with Crippen LogP contribution in [0.1, 0.15) is 10.5 Å². The molecule has 0 saturated carbocycles. The van der Waals surface area contributed by atoms with Gasteiger partial charge >= 0.3 is 5.97 Å². The van der Waals surface area contributed by atoms with Crippen LogP contribution in [0, 0.1) is 12.3 Å². The highest BCUT2D eigenvalue weighted by Crippen LogP contribution is 2.10. The van der Waals surface area contributed by atoms with E-state index in [9.17, 15) is 9.59 Å². The second-order valence-electron chi connectivity index (χ2n) is 3.54. The third-order valence-electron chi connectivity index (χ3n) is 2.48. The Hall–Kier alpha value is -2.61. The van der Waals surface area contributed by atoms with E-state index in [1.54, 1.807) is 24.3 Å². The number of methoxy groups -OCH3 is 1. The van der Waals surface area contributed by atoms with Crippen LogP contribution in [0.3, 0.4) is 0 Å². The second-order valence-corrected chi connectivity index (χ2v) is 3.54. The van der Waals surface area contributed by atoms with Gasteiger partial charge in [0.1, 0.15) is 0 Å². The number of fused-ring (bicyclic) bond motifs is 1. The van der Waals surface area contributed by atoms with E-state index >= 15 is 0 Å². The van der Waals surface area contributed by atoms with Crippen molar-refractivity contribution in [2.75, 3.05) is 7.11 Å². The number of benzene rings is 1. The summed E-state index contributed by atoms with van der Waals surface area (Å²) in [6.45, 7) is 0.0753. The number of ether oxygens (including phenoxy) is 1. The van der Waals surface area contributed by atoms with Crippen LogP contribution < -0.4 is 5.56 Å². The van der Waals surface area contributed by atoms with Crippen LogP contribution in [0.25, 0.3) is 11.0 Å². The molecule has 2 aromatic rings. The number of para-hydroxylation sites is 2. The quantitative estimate of drug-likeness (QED) is 0.577. The summed E-state index contributed by atoms with van der Waals surface area (Å²) in [5.41, 5.74) is 0.311. The molecule has 0 unspecified atom stereocenters. The Bertz CT molecular complexity index is 710. The maximum atomic E-state index is 12.1. The Morgan fingerprint density at radius 1 is 1.50 bits per heavy atom. The molecule has 1 aromatic heterocycles. The van der Waals surface area contributed by atoms with Crippen molar-refractivity contribution < 1.29 is 9.53 Å². The van der Waals surface area contributed by atoms with Crippen molar-refractivity contribution in [2.24, 2.45) is 0 Å². The molecule has 18 heavy (non-hydrogen) atoms. The first-order chi connectivity index (χ1) is 8.69. The lowest BCUT2D eigenvalue weighted by Gasteiger charge is -2.08. The number of carbonyl (C=O) groups excluding carboxylic acids is 1. The van der Waals surface area contributed by atoms with Gasteiger partial charge in [-0.2, -0.15) is 0 Å². The Balaban J connectivity index is 2.84. The SMILES string of the molecule is C#CCn1c(=O)c(C(=O)OC)nc2ccccc21. The molecule has 0 aliphatic heterocycles. The van der Waals surface area contributed by atoms with Crippen LogP contribution in [0.15, 0.2) is 29.1 Å². The fourth-order valence-electron chi connectivity index (χ4n) is 1.67. The van der Waals surface area contributed by atoms with E-state index in [1.165, 1.54) is 11.7 Å². The molecule has 0 aliphatic rings. The topological polar surface area (TPSA) is 61.2 Å². The van der Waals surface area contributed by atoms with Crippen molar-refractivity contribution in [3.63, 3.8) is 0 Å². The van der Waals surface area contributed by atoms with Gasteiger partial charge in [-0.05, 0) is 12.1 Å². The van der Waals surface area contributed by atoms with Crippen molar-refractivity contribution in [3.8, 4) is 12.3 Å². The normalized spacial score (nSPS) is 10.0. The van der Waals surface area contributed by atoms with Gasteiger partial charge in [-0.1, -0.05) is 18.1 Å². The van der Waals surface area contributed by atoms with Crippen LogP contribution in [0.5, 0.6) is 0 Å². The molecule has 0 fully saturated rings. The van der Waals surface area contributed by atoms with E-state index in [1.807, 2.05) is 0 Å². The fourth-order valence-corrected chi connectivity index (χ4v) is 1.67. The average Bonchev–Trinajstić information content (AvgIpc) is 2.41. The molecule has 1 heterocycles. The molecule has 0 radical (unpaired) electrons. The smallest absolute Gasteiger partial charge is 0.362 e. The molecule has 0 aliphatic carbocycles. The standard InChI is InChI=1S/C13H10N2O3/c1-3-8-15-10-7-5-4-6-9(10)14-11(12(15)16)13(17)18-2/h1,4-7H,8H2,2H3. The van der Waals surface area contributed by atoms with Gasteiger partial charge in [0.05, 0.1) is 24.7 Å². The molecular weight excluding hydrogens is 232 g/mol. The largest absolute Gasteiger partial charge is 0.464 e. The molecule has 0 atom stereocenters. The Labute approximate surface area is 103 Å². The zero-order valence-electron chi connectivity index (χ0n) is 9.71. The van der Waals surface area contributed by atoms with Gasteiger partial charge in [0.25, 0.3) is 5.56 Å². The van der Waals surface area contributed by atoms with Crippen molar-refractivity contribution in [2.45, 2.75) is 6.54 Å². The van der Waals surface area contributed by atoms with Crippen molar-refractivity contribution in [1.82, 2.24) is 9.55 Å². The molecule has 5 heteroatoms. The van der Waals surface area contributed by atoms with Crippen molar-refractivity contribution in [1.29, 1.82) is 0 Å². The van der Waals surface area contributed by atoms with Crippen LogP contribution in [0.4, 0.5) is 0 Å². The number of hydrogen-bond acceptors (Lipinski definition) is 4. The zero-order valence-corrected chi connectivity index (χ0v) is 9.71. The lowest BCUT2D eigenvalue weighted by atomic mass is 10.2. The number of hydrogen-bond donors (Lipinski definition) is 0. The fraction of sp³-hybridized carbons (Fsp3) is 0.154. The van der Waals surface area contributed by atoms with E-state index in [2.05, 4.69) is 15.6 Å². The molecule has 0 amide bonds. The highest BCUT2D eigenvalue weighted by molar-refractivity contribution is 5.89. The maximum Gasteiger partial charge on any atom is 0.362 e. The van der Waals surface area contributed by atoms with Gasteiger partial charge < -0.3 is 4.74 Å². The molecular formula is C13H10N2O3. The van der Waals surface area contributed by atoms with Gasteiger partial charge in [0.2, 0.25) is 5.69 Å². The first kappa shape index (κ1) is 11.9. The molecule has 0 N–H and O–H groups in total. The van der Waals surface area contributed by atoms with Crippen LogP contribution in [-0.4, -0.2) is 22.6 Å². The molecule has 5 nitrogen and oxygen atoms in total. The van der Waals surface area contributed by atoms with Crippen molar-refractivity contribution in [3.05, 3.63) is 40.3 Å². The molecule has 90 valence electrons. The lowest BCUT2D eigenvalue weighted by Crippen LogP contribution is -2.28. The summed E-state index contributed by atoms with van der Waals surface area (Å²) in [6, 6.07) is 6.96. The summed E-state index contributed by atoms with van der Waals surface area (Å²) < 4.78 is 5.86. The summed E-state index contributed by atoms with van der Waals surface area (Å²) >= 11 is 0. The molecule has 2 rings (SSSR count). The van der Waals surface area contributed by atoms with E-state index in [-0.39, 0.29) is 12.2 Å². The van der Waals surface area contributed by atoms with E-state index in [4.69, 9.17) is 6.42 Å². The molecule has 0 spiro atoms. The number of rotatable bonds is 2. The second kappa shape index (κ2) is 4.72. The van der Waals surface area contributed by atoms with Gasteiger partial charge in [-0.3, -0.25) is 9.36 Å². The van der Waals surface area contributed by atoms with E-state index in [0.717, 1.165) is 0 Å². The maximum absolute atomic E-state index is 12.1.